The molecule has 2 rings (SSSR count). The minimum atomic E-state index is -4.97. The Kier molecular flexibility index (Phi) is 21.3. The molecule has 356 valence electrons. The molecule has 8 atom stereocenters. The van der Waals surface area contributed by atoms with Crippen molar-refractivity contribution in [3.63, 3.8) is 0 Å². The number of aliphatic carboxylic acids is 4. The summed E-state index contributed by atoms with van der Waals surface area (Å²) in [4.78, 5) is 146. The van der Waals surface area contributed by atoms with E-state index in [9.17, 15) is 67.8 Å². The second-order valence-electron chi connectivity index (χ2n) is 15.1. The molecule has 25 nitrogen and oxygen atoms in total. The number of phosphoric acid groups is 1. The zero-order chi connectivity index (χ0) is 48.5. The quantitative estimate of drug-likeness (QED) is 0.0433. The van der Waals surface area contributed by atoms with Crippen LogP contribution in [-0.2, 0) is 58.9 Å². The highest BCUT2D eigenvalue weighted by Crippen LogP contribution is 2.37. The lowest BCUT2D eigenvalue weighted by molar-refractivity contribution is -0.144. The SMILES string of the molecule is CC[C@H](C)[C@H](NC(=O)[C@H](CCC(=O)O)NC(=O)[C@H](CCC(=O)O)NC(=O)[C@H](Cc1ccc(OP(=O)(O)O)cc1)NC(=O)[C@H](C)NC(=O)[C@@H]1CCCN1C(=O)[C@@H](N)CCC(=O)O)C(=O)O. The van der Waals surface area contributed by atoms with Crippen molar-refractivity contribution in [2.75, 3.05) is 6.54 Å². The van der Waals surface area contributed by atoms with Gasteiger partial charge in [-0.05, 0) is 62.6 Å². The fraction of sp³-hybridized carbons (Fsp3) is 0.579. The lowest BCUT2D eigenvalue weighted by Crippen LogP contribution is -2.60. The average molecular weight is 930 g/mol. The summed E-state index contributed by atoms with van der Waals surface area (Å²) >= 11 is 0. The number of nitrogens with zero attached hydrogens (tertiary/aromatic N) is 1. The maximum absolute atomic E-state index is 14.0. The van der Waals surface area contributed by atoms with Crippen LogP contribution in [0.2, 0.25) is 0 Å². The van der Waals surface area contributed by atoms with Gasteiger partial charge in [-0.3, -0.25) is 52.9 Å². The van der Waals surface area contributed by atoms with Gasteiger partial charge in [0.1, 0.15) is 42.0 Å². The standard InChI is InChI=1S/C38H56N7O18P/c1-4-19(2)31(38(58)59)44-34(54)25(13-16-30(50)51)41-33(53)24(12-15-29(48)49)42-35(55)26(18-21-7-9-22(10-8-21)63-64(60,61)62)43-32(52)20(3)40-36(56)27-6-5-17-45(27)37(57)23(39)11-14-28(46)47/h7-10,19-20,23-27,31H,4-6,11-18,39H2,1-3H3,(H,40,56)(H,41,53)(H,42,55)(H,43,52)(H,44,54)(H,46,47)(H,48,49)(H,50,51)(H,58,59)(H2,60,61,62)/t19-,20-,23-,24-,25-,26-,27-,31-/m0/s1. The van der Waals surface area contributed by atoms with Gasteiger partial charge in [0, 0.05) is 32.2 Å². The molecule has 1 aromatic rings. The number of rotatable bonds is 27. The number of likely N-dealkylation sites (tertiary alicyclic amines) is 1. The van der Waals surface area contributed by atoms with Gasteiger partial charge in [-0.2, -0.15) is 0 Å². The first kappa shape index (κ1) is 54.0. The molecule has 0 aliphatic carbocycles. The summed E-state index contributed by atoms with van der Waals surface area (Å²) < 4.78 is 15.9. The van der Waals surface area contributed by atoms with Crippen LogP contribution < -0.4 is 36.8 Å². The fourth-order valence-corrected chi connectivity index (χ4v) is 6.81. The maximum atomic E-state index is 14.0. The second kappa shape index (κ2) is 25.2. The van der Waals surface area contributed by atoms with Crippen molar-refractivity contribution in [2.24, 2.45) is 11.7 Å². The van der Waals surface area contributed by atoms with Crippen molar-refractivity contribution in [3.05, 3.63) is 29.8 Å². The van der Waals surface area contributed by atoms with E-state index in [1.807, 2.05) is 0 Å². The van der Waals surface area contributed by atoms with Gasteiger partial charge in [-0.25, -0.2) is 9.36 Å². The molecule has 1 saturated heterocycles. The van der Waals surface area contributed by atoms with E-state index in [1.165, 1.54) is 30.9 Å². The Morgan fingerprint density at radius 3 is 1.70 bits per heavy atom. The van der Waals surface area contributed by atoms with Crippen LogP contribution in [0.15, 0.2) is 24.3 Å². The number of benzene rings is 1. The molecular weight excluding hydrogens is 873 g/mol. The molecule has 64 heavy (non-hydrogen) atoms. The Balaban J connectivity index is 2.41. The molecule has 1 heterocycles. The number of carbonyl (C=O) groups excluding carboxylic acids is 6. The summed E-state index contributed by atoms with van der Waals surface area (Å²) in [5.74, 6) is -12.0. The number of hydrogen-bond donors (Lipinski definition) is 12. The number of carbonyl (C=O) groups is 10. The zero-order valence-electron chi connectivity index (χ0n) is 35.3. The number of hydrogen-bond acceptors (Lipinski definition) is 13. The van der Waals surface area contributed by atoms with Crippen LogP contribution in [0.4, 0.5) is 0 Å². The zero-order valence-corrected chi connectivity index (χ0v) is 36.2. The number of phosphoric ester groups is 1. The summed E-state index contributed by atoms with van der Waals surface area (Å²) in [6, 6.07) is -5.39. The molecule has 1 aliphatic heterocycles. The Hall–Kier alpha value is -6.17. The van der Waals surface area contributed by atoms with E-state index in [0.29, 0.717) is 12.8 Å². The molecule has 1 aliphatic rings. The van der Waals surface area contributed by atoms with Crippen LogP contribution >= 0.6 is 7.82 Å². The van der Waals surface area contributed by atoms with Crippen LogP contribution in [0.1, 0.15) is 84.1 Å². The predicted molar refractivity (Wildman–Crippen MR) is 219 cm³/mol. The van der Waals surface area contributed by atoms with E-state index >= 15 is 0 Å². The highest BCUT2D eigenvalue weighted by atomic mass is 31.2. The van der Waals surface area contributed by atoms with Gasteiger partial charge >= 0.3 is 31.7 Å². The van der Waals surface area contributed by atoms with Gasteiger partial charge < -0.3 is 62.2 Å². The first-order chi connectivity index (χ1) is 29.8. The number of carboxylic acid groups (broad SMARTS) is 4. The fourth-order valence-electron chi connectivity index (χ4n) is 6.41. The summed E-state index contributed by atoms with van der Waals surface area (Å²) in [5.41, 5.74) is 6.12. The van der Waals surface area contributed by atoms with E-state index in [2.05, 4.69) is 31.1 Å². The Morgan fingerprint density at radius 1 is 0.734 bits per heavy atom. The van der Waals surface area contributed by atoms with E-state index in [-0.39, 0.29) is 30.7 Å². The van der Waals surface area contributed by atoms with Crippen molar-refractivity contribution < 1.29 is 87.2 Å². The van der Waals surface area contributed by atoms with Crippen molar-refractivity contribution >= 4 is 67.1 Å². The Bertz CT molecular complexity index is 1930. The summed E-state index contributed by atoms with van der Waals surface area (Å²) in [6.07, 6.45) is -2.67. The number of nitrogens with two attached hydrogens (primary N) is 1. The molecule has 0 spiro atoms. The molecule has 1 fully saturated rings. The van der Waals surface area contributed by atoms with Crippen LogP contribution in [0, 0.1) is 5.92 Å². The number of amides is 6. The molecule has 6 amide bonds. The summed E-state index contributed by atoms with van der Waals surface area (Å²) in [7, 11) is -4.97. The van der Waals surface area contributed by atoms with Gasteiger partial charge in [-0.1, -0.05) is 32.4 Å². The highest BCUT2D eigenvalue weighted by Gasteiger charge is 2.38. The molecular formula is C38H56N7O18P. The van der Waals surface area contributed by atoms with Crippen molar-refractivity contribution in [1.29, 1.82) is 0 Å². The van der Waals surface area contributed by atoms with E-state index in [1.54, 1.807) is 6.92 Å². The minimum absolute atomic E-state index is 0.126. The molecule has 26 heteroatoms. The largest absolute Gasteiger partial charge is 0.524 e. The molecule has 0 radical (unpaired) electrons. The molecule has 0 bridgehead atoms. The van der Waals surface area contributed by atoms with Crippen LogP contribution in [0.3, 0.4) is 0 Å². The third kappa shape index (κ3) is 18.3. The average Bonchev–Trinajstić information content (AvgIpc) is 3.71. The Morgan fingerprint density at radius 2 is 1.22 bits per heavy atom. The number of carboxylic acids is 4. The molecule has 0 unspecified atom stereocenters. The molecule has 0 aromatic heterocycles. The van der Waals surface area contributed by atoms with Crippen molar-refractivity contribution in [3.8, 4) is 5.75 Å². The smallest absolute Gasteiger partial charge is 0.481 e. The minimum Gasteiger partial charge on any atom is -0.481 e. The lowest BCUT2D eigenvalue weighted by atomic mass is 9.98. The molecule has 13 N–H and O–H groups in total. The maximum Gasteiger partial charge on any atom is 0.524 e. The van der Waals surface area contributed by atoms with Crippen molar-refractivity contribution in [2.45, 2.75) is 127 Å². The highest BCUT2D eigenvalue weighted by molar-refractivity contribution is 7.46. The number of nitrogens with one attached hydrogen (secondary N) is 5. The van der Waals surface area contributed by atoms with Crippen molar-refractivity contribution in [1.82, 2.24) is 31.5 Å². The van der Waals surface area contributed by atoms with E-state index in [4.69, 9.17) is 20.6 Å². The third-order valence-corrected chi connectivity index (χ3v) is 10.6. The molecule has 0 saturated carbocycles. The molecule has 1 aromatic carbocycles. The van der Waals surface area contributed by atoms with Crippen LogP contribution in [-0.4, -0.2) is 143 Å². The van der Waals surface area contributed by atoms with Crippen LogP contribution in [0.25, 0.3) is 0 Å². The normalized spacial score (nSPS) is 16.9. The van der Waals surface area contributed by atoms with Gasteiger partial charge in [0.2, 0.25) is 35.4 Å². The predicted octanol–water partition coefficient (Wildman–Crippen LogP) is -1.81. The van der Waals surface area contributed by atoms with Crippen LogP contribution in [0.5, 0.6) is 5.75 Å². The lowest BCUT2D eigenvalue weighted by Gasteiger charge is -2.28. The first-order valence-corrected chi connectivity index (χ1v) is 21.7. The van der Waals surface area contributed by atoms with E-state index in [0.717, 1.165) is 12.1 Å². The van der Waals surface area contributed by atoms with Gasteiger partial charge in [0.25, 0.3) is 0 Å². The second-order valence-corrected chi connectivity index (χ2v) is 16.3. The van der Waals surface area contributed by atoms with Gasteiger partial charge in [0.05, 0.1) is 6.04 Å². The Labute approximate surface area is 366 Å². The van der Waals surface area contributed by atoms with Gasteiger partial charge in [-0.15, -0.1) is 0 Å². The first-order valence-electron chi connectivity index (χ1n) is 20.1. The van der Waals surface area contributed by atoms with Gasteiger partial charge in [0.15, 0.2) is 0 Å². The summed E-state index contributed by atoms with van der Waals surface area (Å²) in [6.45, 7) is 4.57. The monoisotopic (exact) mass is 929 g/mol. The third-order valence-electron chi connectivity index (χ3n) is 10.1. The topological polar surface area (TPSA) is 408 Å². The van der Waals surface area contributed by atoms with E-state index < -0.39 is 154 Å². The summed E-state index contributed by atoms with van der Waals surface area (Å²) in [5, 5.41) is 49.1.